The third-order valence-electron chi connectivity index (χ3n) is 4.63. The third-order valence-corrected chi connectivity index (χ3v) is 4.63. The van der Waals surface area contributed by atoms with Gasteiger partial charge in [0.15, 0.2) is 0 Å². The summed E-state index contributed by atoms with van der Waals surface area (Å²) < 4.78 is 0. The summed E-state index contributed by atoms with van der Waals surface area (Å²) in [5, 5.41) is 0. The molecule has 0 aromatic heterocycles. The van der Waals surface area contributed by atoms with Crippen molar-refractivity contribution in [2.75, 3.05) is 0 Å². The van der Waals surface area contributed by atoms with E-state index in [4.69, 9.17) is 5.73 Å². The van der Waals surface area contributed by atoms with Gasteiger partial charge in [0.25, 0.3) is 0 Å². The average molecular weight is 281 g/mol. The van der Waals surface area contributed by atoms with Crippen molar-refractivity contribution in [3.63, 3.8) is 0 Å². The molecular weight excluding hydrogens is 254 g/mol. The Morgan fingerprint density at radius 3 is 2.19 bits per heavy atom. The quantitative estimate of drug-likeness (QED) is 0.838. The molecule has 2 N–H and O–H groups in total. The van der Waals surface area contributed by atoms with Gasteiger partial charge in [-0.3, -0.25) is 0 Å². The summed E-state index contributed by atoms with van der Waals surface area (Å²) in [4.78, 5) is 0. The SMILES string of the molecule is CCc1ccc(CC)c(C(N)C(C)(C)c2ccccc2)c1. The lowest BCUT2D eigenvalue weighted by Gasteiger charge is -2.34. The normalized spacial score (nSPS) is 13.2. The molecule has 0 spiro atoms. The Labute approximate surface area is 129 Å². The molecular formula is C20H27N. The molecule has 1 unspecified atom stereocenters. The van der Waals surface area contributed by atoms with E-state index in [0.29, 0.717) is 0 Å². The van der Waals surface area contributed by atoms with E-state index in [9.17, 15) is 0 Å². The van der Waals surface area contributed by atoms with Crippen LogP contribution in [-0.2, 0) is 18.3 Å². The molecule has 0 aliphatic carbocycles. The molecule has 0 aliphatic rings. The molecule has 21 heavy (non-hydrogen) atoms. The summed E-state index contributed by atoms with van der Waals surface area (Å²) in [5.41, 5.74) is 11.9. The van der Waals surface area contributed by atoms with Crippen molar-refractivity contribution in [2.45, 2.75) is 52.0 Å². The molecule has 0 amide bonds. The fraction of sp³-hybridized carbons (Fsp3) is 0.400. The summed E-state index contributed by atoms with van der Waals surface area (Å²) in [6, 6.07) is 17.4. The second-order valence-electron chi connectivity index (χ2n) is 6.31. The van der Waals surface area contributed by atoms with E-state index < -0.39 is 0 Å². The fourth-order valence-electron chi connectivity index (χ4n) is 2.91. The lowest BCUT2D eigenvalue weighted by atomic mass is 9.74. The van der Waals surface area contributed by atoms with E-state index in [1.807, 2.05) is 0 Å². The molecule has 2 aromatic rings. The Hall–Kier alpha value is -1.60. The predicted octanol–water partition coefficient (Wildman–Crippen LogP) is 4.79. The second-order valence-corrected chi connectivity index (χ2v) is 6.31. The first-order valence-corrected chi connectivity index (χ1v) is 7.93. The van der Waals surface area contributed by atoms with Gasteiger partial charge in [-0.1, -0.05) is 76.2 Å². The van der Waals surface area contributed by atoms with Crippen LogP contribution in [-0.4, -0.2) is 0 Å². The van der Waals surface area contributed by atoms with Gasteiger partial charge < -0.3 is 5.73 Å². The Kier molecular flexibility index (Phi) is 4.84. The number of hydrogen-bond donors (Lipinski definition) is 1. The highest BCUT2D eigenvalue weighted by Gasteiger charge is 2.30. The van der Waals surface area contributed by atoms with Gasteiger partial charge in [-0.05, 0) is 35.1 Å². The van der Waals surface area contributed by atoms with Crippen LogP contribution < -0.4 is 5.73 Å². The van der Waals surface area contributed by atoms with Crippen molar-refractivity contribution in [1.82, 2.24) is 0 Å². The maximum absolute atomic E-state index is 6.70. The molecule has 2 aromatic carbocycles. The Morgan fingerprint density at radius 2 is 1.62 bits per heavy atom. The van der Waals surface area contributed by atoms with E-state index in [0.717, 1.165) is 12.8 Å². The Bertz CT molecular complexity index is 584. The summed E-state index contributed by atoms with van der Waals surface area (Å²) in [7, 11) is 0. The minimum atomic E-state index is -0.0858. The largest absolute Gasteiger partial charge is 0.323 e. The molecule has 112 valence electrons. The summed E-state index contributed by atoms with van der Waals surface area (Å²) in [6.07, 6.45) is 2.08. The van der Waals surface area contributed by atoms with Gasteiger partial charge in [0.1, 0.15) is 0 Å². The van der Waals surface area contributed by atoms with Crippen LogP contribution in [0.2, 0.25) is 0 Å². The molecule has 0 radical (unpaired) electrons. The van der Waals surface area contributed by atoms with Crippen molar-refractivity contribution in [2.24, 2.45) is 5.73 Å². The smallest absolute Gasteiger partial charge is 0.0390 e. The van der Waals surface area contributed by atoms with E-state index in [1.165, 1.54) is 22.3 Å². The molecule has 0 fully saturated rings. The molecule has 0 bridgehead atoms. The zero-order valence-electron chi connectivity index (χ0n) is 13.7. The van der Waals surface area contributed by atoms with Crippen molar-refractivity contribution in [3.8, 4) is 0 Å². The van der Waals surface area contributed by atoms with Crippen molar-refractivity contribution in [3.05, 3.63) is 70.8 Å². The zero-order valence-corrected chi connectivity index (χ0v) is 13.7. The maximum atomic E-state index is 6.70. The van der Waals surface area contributed by atoms with E-state index in [1.54, 1.807) is 0 Å². The van der Waals surface area contributed by atoms with E-state index in [2.05, 4.69) is 76.2 Å². The molecule has 2 rings (SSSR count). The number of benzene rings is 2. The number of nitrogens with two attached hydrogens (primary N) is 1. The van der Waals surface area contributed by atoms with Crippen LogP contribution in [0.15, 0.2) is 48.5 Å². The van der Waals surface area contributed by atoms with Gasteiger partial charge in [0.05, 0.1) is 0 Å². The highest BCUT2D eigenvalue weighted by Crippen LogP contribution is 2.36. The molecule has 0 saturated carbocycles. The molecule has 1 nitrogen and oxygen atoms in total. The zero-order chi connectivity index (χ0) is 15.5. The highest BCUT2D eigenvalue weighted by molar-refractivity contribution is 5.39. The monoisotopic (exact) mass is 281 g/mol. The minimum absolute atomic E-state index is 0.00125. The molecule has 1 heteroatoms. The van der Waals surface area contributed by atoms with Crippen molar-refractivity contribution >= 4 is 0 Å². The van der Waals surface area contributed by atoms with Crippen LogP contribution in [0.3, 0.4) is 0 Å². The van der Waals surface area contributed by atoms with E-state index >= 15 is 0 Å². The number of aryl methyl sites for hydroxylation is 2. The number of hydrogen-bond acceptors (Lipinski definition) is 1. The van der Waals surface area contributed by atoms with Gasteiger partial charge in [-0.2, -0.15) is 0 Å². The standard InChI is InChI=1S/C20H27N/c1-5-15-12-13-16(6-2)18(14-15)19(21)20(3,4)17-10-8-7-9-11-17/h7-14,19H,5-6,21H2,1-4H3. The lowest BCUT2D eigenvalue weighted by Crippen LogP contribution is -2.34. The van der Waals surface area contributed by atoms with Crippen LogP contribution >= 0.6 is 0 Å². The predicted molar refractivity (Wildman–Crippen MR) is 91.6 cm³/mol. The van der Waals surface area contributed by atoms with Crippen molar-refractivity contribution < 1.29 is 0 Å². The van der Waals surface area contributed by atoms with Crippen LogP contribution in [0.1, 0.15) is 56.0 Å². The van der Waals surface area contributed by atoms with Gasteiger partial charge in [-0.15, -0.1) is 0 Å². The van der Waals surface area contributed by atoms with Crippen LogP contribution in [0.4, 0.5) is 0 Å². The average Bonchev–Trinajstić information content (AvgIpc) is 2.54. The second kappa shape index (κ2) is 6.44. The van der Waals surface area contributed by atoms with Gasteiger partial charge in [0.2, 0.25) is 0 Å². The van der Waals surface area contributed by atoms with Crippen LogP contribution in [0.25, 0.3) is 0 Å². The summed E-state index contributed by atoms with van der Waals surface area (Å²) in [5.74, 6) is 0. The Morgan fingerprint density at radius 1 is 0.952 bits per heavy atom. The molecule has 0 saturated heterocycles. The first-order valence-electron chi connectivity index (χ1n) is 7.93. The number of rotatable bonds is 5. The lowest BCUT2D eigenvalue weighted by molar-refractivity contribution is 0.418. The highest BCUT2D eigenvalue weighted by atomic mass is 14.7. The third kappa shape index (κ3) is 3.19. The molecule has 0 heterocycles. The maximum Gasteiger partial charge on any atom is 0.0390 e. The van der Waals surface area contributed by atoms with Gasteiger partial charge in [-0.25, -0.2) is 0 Å². The van der Waals surface area contributed by atoms with Crippen molar-refractivity contribution in [1.29, 1.82) is 0 Å². The van der Waals surface area contributed by atoms with Gasteiger partial charge >= 0.3 is 0 Å². The summed E-state index contributed by atoms with van der Waals surface area (Å²) in [6.45, 7) is 8.88. The molecule has 1 atom stereocenters. The minimum Gasteiger partial charge on any atom is -0.323 e. The van der Waals surface area contributed by atoms with Crippen LogP contribution in [0, 0.1) is 0 Å². The molecule has 0 aliphatic heterocycles. The topological polar surface area (TPSA) is 26.0 Å². The first-order chi connectivity index (χ1) is 10.0. The Balaban J connectivity index is 2.45. The fourth-order valence-corrected chi connectivity index (χ4v) is 2.91. The first kappa shape index (κ1) is 15.8. The van der Waals surface area contributed by atoms with Crippen LogP contribution in [0.5, 0.6) is 0 Å². The summed E-state index contributed by atoms with van der Waals surface area (Å²) >= 11 is 0. The van der Waals surface area contributed by atoms with Gasteiger partial charge in [0, 0.05) is 11.5 Å². The van der Waals surface area contributed by atoms with E-state index in [-0.39, 0.29) is 11.5 Å².